The first kappa shape index (κ1) is 33.0. The zero-order chi connectivity index (χ0) is 31.3. The lowest BCUT2D eigenvalue weighted by Crippen LogP contribution is -2.72. The molecule has 2 N–H and O–H groups in total. The minimum atomic E-state index is -1.41. The van der Waals surface area contributed by atoms with Gasteiger partial charge in [0.2, 0.25) is 5.91 Å². The molecule has 0 bridgehead atoms. The van der Waals surface area contributed by atoms with E-state index in [4.69, 9.17) is 4.74 Å². The van der Waals surface area contributed by atoms with Crippen LogP contribution in [0.25, 0.3) is 0 Å². The van der Waals surface area contributed by atoms with Gasteiger partial charge in [0, 0.05) is 6.42 Å². The van der Waals surface area contributed by atoms with Crippen molar-refractivity contribution in [2.45, 2.75) is 98.4 Å². The Bertz CT molecular complexity index is 1220. The number of β-lactam (4-membered cyclic amide) rings is 1. The first-order chi connectivity index (χ1) is 19.9. The minimum absolute atomic E-state index is 0.0651. The number of nitrogens with one attached hydrogen (secondary N) is 1. The number of amides is 3. The molecule has 1 aliphatic heterocycles. The van der Waals surface area contributed by atoms with E-state index in [1.165, 1.54) is 0 Å². The molecular weight excluding hydrogens is 534 g/mol. The number of hydrogen-bond donors (Lipinski definition) is 2. The molecule has 42 heavy (non-hydrogen) atoms. The largest absolute Gasteiger partial charge is 0.481 e. The van der Waals surface area contributed by atoms with Crippen molar-refractivity contribution >= 4 is 24.2 Å². The molecule has 1 heterocycles. The van der Waals surface area contributed by atoms with Crippen molar-refractivity contribution in [3.63, 3.8) is 0 Å². The number of benzene rings is 1. The number of aliphatic carboxylic acids is 1. The van der Waals surface area contributed by atoms with Gasteiger partial charge in [-0.2, -0.15) is 0 Å². The number of ether oxygens (including phenoxy) is 1. The van der Waals surface area contributed by atoms with Crippen LogP contribution in [0, 0.1) is 17.8 Å². The Kier molecular flexibility index (Phi) is 10.4. The van der Waals surface area contributed by atoms with Gasteiger partial charge in [0.1, 0.15) is 22.9 Å². The lowest BCUT2D eigenvalue weighted by Gasteiger charge is -2.54. The third kappa shape index (κ3) is 5.51. The standard InChI is InChI=1S/C33H47N3O6/c1-8-13-26(24-16-14-23(6)15-17-24)34-30(41)36-27(38)32(9-2,10-3)28(36)42-25-18-19-31(7,29(39)40)33(22-25,20-21-37)35(11-4)12-5/h14-19,21-22,26,28H,8-13,20H2,1-7H3,(H,34,41)(H,39,40). The highest BCUT2D eigenvalue weighted by Crippen LogP contribution is 2.50. The topological polar surface area (TPSA) is 116 Å². The van der Waals surface area contributed by atoms with Crippen LogP contribution in [0.2, 0.25) is 0 Å². The summed E-state index contributed by atoms with van der Waals surface area (Å²) in [5.74, 6) is -1.03. The monoisotopic (exact) mass is 581 g/mol. The fourth-order valence-corrected chi connectivity index (χ4v) is 6.55. The number of carbonyl (C=O) groups excluding carboxylic acids is 3. The Morgan fingerprint density at radius 1 is 1.12 bits per heavy atom. The fraction of sp³-hybridized carbons (Fsp3) is 0.576. The molecule has 4 unspecified atom stereocenters. The van der Waals surface area contributed by atoms with Gasteiger partial charge in [-0.15, -0.1) is 0 Å². The predicted molar refractivity (Wildman–Crippen MR) is 161 cm³/mol. The maximum Gasteiger partial charge on any atom is 0.327 e. The number of carbonyl (C=O) groups is 4. The Morgan fingerprint density at radius 2 is 1.74 bits per heavy atom. The predicted octanol–water partition coefficient (Wildman–Crippen LogP) is 5.75. The number of carboxylic acids is 1. The van der Waals surface area contributed by atoms with Gasteiger partial charge in [-0.25, -0.2) is 9.69 Å². The summed E-state index contributed by atoms with van der Waals surface area (Å²) in [6.45, 7) is 14.3. The van der Waals surface area contributed by atoms with Crippen LogP contribution in [-0.4, -0.2) is 64.0 Å². The van der Waals surface area contributed by atoms with Gasteiger partial charge in [0.05, 0.1) is 11.6 Å². The summed E-state index contributed by atoms with van der Waals surface area (Å²) in [4.78, 5) is 55.0. The summed E-state index contributed by atoms with van der Waals surface area (Å²) in [6, 6.07) is 7.17. The Hall–Kier alpha value is -3.46. The number of imide groups is 1. The second-order valence-corrected chi connectivity index (χ2v) is 11.6. The number of likely N-dealkylation sites (N-methyl/N-ethyl adjacent to an activating group) is 1. The number of allylic oxidation sites excluding steroid dienone is 1. The molecule has 4 atom stereocenters. The third-order valence-corrected chi connectivity index (χ3v) is 9.46. The van der Waals surface area contributed by atoms with Gasteiger partial charge in [-0.1, -0.05) is 76.9 Å². The van der Waals surface area contributed by atoms with E-state index >= 15 is 0 Å². The summed E-state index contributed by atoms with van der Waals surface area (Å²) in [6.07, 6.45) is 7.09. The second-order valence-electron chi connectivity index (χ2n) is 11.6. The van der Waals surface area contributed by atoms with Crippen molar-refractivity contribution in [3.8, 4) is 0 Å². The van der Waals surface area contributed by atoms with Crippen LogP contribution in [0.5, 0.6) is 0 Å². The number of aldehydes is 1. The molecule has 230 valence electrons. The minimum Gasteiger partial charge on any atom is -0.481 e. The van der Waals surface area contributed by atoms with Crippen molar-refractivity contribution in [3.05, 3.63) is 59.4 Å². The highest BCUT2D eigenvalue weighted by Gasteiger charge is 2.63. The smallest absolute Gasteiger partial charge is 0.327 e. The van der Waals surface area contributed by atoms with E-state index in [1.807, 2.05) is 70.7 Å². The zero-order valence-corrected chi connectivity index (χ0v) is 26.1. The van der Waals surface area contributed by atoms with Crippen LogP contribution in [0.15, 0.2) is 48.3 Å². The highest BCUT2D eigenvalue weighted by atomic mass is 16.5. The Labute approximate surface area is 250 Å². The maximum atomic E-state index is 13.7. The molecule has 1 fully saturated rings. The van der Waals surface area contributed by atoms with E-state index in [9.17, 15) is 24.3 Å². The molecule has 3 amide bonds. The van der Waals surface area contributed by atoms with E-state index in [0.29, 0.717) is 38.1 Å². The van der Waals surface area contributed by atoms with Crippen molar-refractivity contribution in [1.82, 2.24) is 15.1 Å². The summed E-state index contributed by atoms with van der Waals surface area (Å²) in [5, 5.41) is 13.4. The van der Waals surface area contributed by atoms with E-state index in [0.717, 1.165) is 28.7 Å². The van der Waals surface area contributed by atoms with Crippen molar-refractivity contribution < 1.29 is 29.0 Å². The number of carboxylic acid groups (broad SMARTS) is 1. The Balaban J connectivity index is 2.01. The molecule has 1 aromatic rings. The molecule has 1 aliphatic carbocycles. The average molecular weight is 582 g/mol. The molecule has 9 heteroatoms. The van der Waals surface area contributed by atoms with Crippen LogP contribution >= 0.6 is 0 Å². The number of hydrogen-bond acceptors (Lipinski definition) is 6. The Morgan fingerprint density at radius 3 is 2.24 bits per heavy atom. The SMILES string of the molecule is CCCC(NC(=O)N1C(=O)C(CC)(CC)C1OC1=CC(CC=O)(N(CC)CC)C(C)(C(=O)O)C=C1)c1ccc(C)cc1. The molecule has 3 rings (SSSR count). The van der Waals surface area contributed by atoms with Gasteiger partial charge >= 0.3 is 12.0 Å². The van der Waals surface area contributed by atoms with Gasteiger partial charge in [-0.3, -0.25) is 14.5 Å². The van der Waals surface area contributed by atoms with E-state index in [1.54, 1.807) is 25.2 Å². The second kappa shape index (κ2) is 13.2. The quantitative estimate of drug-likeness (QED) is 0.212. The van der Waals surface area contributed by atoms with Crippen LogP contribution in [0.1, 0.15) is 90.8 Å². The highest BCUT2D eigenvalue weighted by molar-refractivity contribution is 6.03. The number of urea groups is 1. The lowest BCUT2D eigenvalue weighted by molar-refractivity contribution is -0.201. The number of nitrogens with zero attached hydrogens (tertiary/aromatic N) is 2. The summed E-state index contributed by atoms with van der Waals surface area (Å²) >= 11 is 0. The first-order valence-electron chi connectivity index (χ1n) is 15.2. The van der Waals surface area contributed by atoms with Gasteiger partial charge < -0.3 is 20.0 Å². The fourth-order valence-electron chi connectivity index (χ4n) is 6.55. The molecular formula is C33H47N3O6. The molecule has 1 aromatic carbocycles. The molecule has 0 radical (unpaired) electrons. The summed E-state index contributed by atoms with van der Waals surface area (Å²) in [7, 11) is 0. The van der Waals surface area contributed by atoms with Crippen LogP contribution in [-0.2, 0) is 19.1 Å². The van der Waals surface area contributed by atoms with Gasteiger partial charge in [0.15, 0.2) is 6.23 Å². The molecule has 9 nitrogen and oxygen atoms in total. The molecule has 1 saturated heterocycles. The molecule has 2 aliphatic rings. The summed E-state index contributed by atoms with van der Waals surface area (Å²) in [5.41, 5.74) is -1.44. The van der Waals surface area contributed by atoms with Gasteiger partial charge in [0.25, 0.3) is 0 Å². The normalized spacial score (nSPS) is 25.4. The number of rotatable bonds is 14. The van der Waals surface area contributed by atoms with Crippen LogP contribution in [0.3, 0.4) is 0 Å². The van der Waals surface area contributed by atoms with Crippen LogP contribution in [0.4, 0.5) is 4.79 Å². The van der Waals surface area contributed by atoms with Crippen molar-refractivity contribution in [1.29, 1.82) is 0 Å². The molecule has 0 saturated carbocycles. The van der Waals surface area contributed by atoms with Crippen molar-refractivity contribution in [2.24, 2.45) is 10.8 Å². The number of aryl methyl sites for hydroxylation is 1. The number of likely N-dealkylation sites (tertiary alicyclic amines) is 1. The zero-order valence-electron chi connectivity index (χ0n) is 26.1. The van der Waals surface area contributed by atoms with Gasteiger partial charge in [-0.05, 0) is 63.9 Å². The van der Waals surface area contributed by atoms with E-state index in [-0.39, 0.29) is 18.4 Å². The van der Waals surface area contributed by atoms with E-state index in [2.05, 4.69) is 5.32 Å². The molecule has 0 aromatic heterocycles. The summed E-state index contributed by atoms with van der Waals surface area (Å²) < 4.78 is 6.49. The van der Waals surface area contributed by atoms with Crippen molar-refractivity contribution in [2.75, 3.05) is 13.1 Å². The average Bonchev–Trinajstić information content (AvgIpc) is 2.96. The molecule has 0 spiro atoms. The maximum absolute atomic E-state index is 13.7. The van der Waals surface area contributed by atoms with Crippen LogP contribution < -0.4 is 5.32 Å². The van der Waals surface area contributed by atoms with E-state index < -0.39 is 34.6 Å². The first-order valence-corrected chi connectivity index (χ1v) is 15.2. The third-order valence-electron chi connectivity index (χ3n) is 9.46. The lowest BCUT2D eigenvalue weighted by atomic mass is 9.65.